The summed E-state index contributed by atoms with van der Waals surface area (Å²) < 4.78 is 0.864. The minimum atomic E-state index is 0.00806. The third kappa shape index (κ3) is 3.14. The van der Waals surface area contributed by atoms with E-state index in [9.17, 15) is 4.79 Å². The normalized spacial score (nSPS) is 10.2. The summed E-state index contributed by atoms with van der Waals surface area (Å²) in [6.45, 7) is 0. The Labute approximate surface area is 113 Å². The molecule has 0 aliphatic rings. The quantitative estimate of drug-likeness (QED) is 0.804. The molecule has 0 saturated heterocycles. The summed E-state index contributed by atoms with van der Waals surface area (Å²) in [6, 6.07) is 8.91. The smallest absolute Gasteiger partial charge is 0.168 e. The second kappa shape index (κ2) is 5.43. The molecular weight excluding hydrogens is 302 g/mol. The Morgan fingerprint density at radius 2 is 1.94 bits per heavy atom. The van der Waals surface area contributed by atoms with E-state index in [0.29, 0.717) is 17.0 Å². The molecule has 1 aromatic heterocycles. The van der Waals surface area contributed by atoms with Crippen molar-refractivity contribution >= 4 is 33.3 Å². The van der Waals surface area contributed by atoms with Crippen molar-refractivity contribution in [2.75, 3.05) is 0 Å². The lowest BCUT2D eigenvalue weighted by atomic mass is 10.0. The summed E-state index contributed by atoms with van der Waals surface area (Å²) >= 11 is 9.34. The molecule has 86 valence electrons. The van der Waals surface area contributed by atoms with E-state index in [0.717, 1.165) is 10.0 Å². The summed E-state index contributed by atoms with van der Waals surface area (Å²) in [5.74, 6) is 0.00806. The third-order valence-electron chi connectivity index (χ3n) is 2.35. The number of carbonyl (C=O) groups is 1. The van der Waals surface area contributed by atoms with E-state index in [1.165, 1.54) is 0 Å². The molecule has 0 unspecified atom stereocenters. The first-order valence-corrected chi connectivity index (χ1v) is 6.21. The number of halogens is 2. The highest BCUT2D eigenvalue weighted by molar-refractivity contribution is 9.10. The number of aromatic nitrogens is 1. The molecule has 2 rings (SSSR count). The lowest BCUT2D eigenvalue weighted by Gasteiger charge is -2.04. The van der Waals surface area contributed by atoms with Crippen LogP contribution in [0.5, 0.6) is 0 Å². The number of carbonyl (C=O) groups excluding carboxylic acids is 1. The Balaban J connectivity index is 2.21. The molecule has 17 heavy (non-hydrogen) atoms. The predicted octanol–water partition coefficient (Wildman–Crippen LogP) is 3.92. The molecular formula is C13H9BrClNO. The average molecular weight is 311 g/mol. The second-order valence-electron chi connectivity index (χ2n) is 3.58. The van der Waals surface area contributed by atoms with Gasteiger partial charge in [-0.1, -0.05) is 27.5 Å². The molecule has 0 aliphatic heterocycles. The number of hydrogen-bond acceptors (Lipinski definition) is 2. The van der Waals surface area contributed by atoms with Crippen LogP contribution in [0, 0.1) is 0 Å². The lowest BCUT2D eigenvalue weighted by Crippen LogP contribution is -2.04. The van der Waals surface area contributed by atoms with E-state index in [2.05, 4.69) is 20.9 Å². The van der Waals surface area contributed by atoms with Gasteiger partial charge in [-0.3, -0.25) is 9.78 Å². The van der Waals surface area contributed by atoms with Crippen LogP contribution in [0.2, 0.25) is 5.02 Å². The molecule has 0 fully saturated rings. The molecule has 0 atom stereocenters. The van der Waals surface area contributed by atoms with Crippen LogP contribution in [0.4, 0.5) is 0 Å². The van der Waals surface area contributed by atoms with Gasteiger partial charge in [0.2, 0.25) is 0 Å². The van der Waals surface area contributed by atoms with Crippen LogP contribution >= 0.6 is 27.5 Å². The van der Waals surface area contributed by atoms with Gasteiger partial charge in [0.05, 0.1) is 5.02 Å². The van der Waals surface area contributed by atoms with E-state index < -0.39 is 0 Å². The largest absolute Gasteiger partial charge is 0.294 e. The molecule has 0 amide bonds. The molecule has 0 N–H and O–H groups in total. The van der Waals surface area contributed by atoms with Crippen molar-refractivity contribution in [1.29, 1.82) is 0 Å². The number of pyridine rings is 1. The number of hydrogen-bond donors (Lipinski definition) is 0. The Morgan fingerprint density at radius 3 is 2.59 bits per heavy atom. The number of nitrogens with zero attached hydrogens (tertiary/aromatic N) is 1. The molecule has 0 spiro atoms. The van der Waals surface area contributed by atoms with Crippen molar-refractivity contribution in [2.45, 2.75) is 6.42 Å². The SMILES string of the molecule is O=C(Cc1ccncc1)c1ccc(Br)cc1Cl. The molecule has 1 heterocycles. The Bertz CT molecular complexity index is 542. The van der Waals surface area contributed by atoms with Crippen LogP contribution in [-0.4, -0.2) is 10.8 Å². The average Bonchev–Trinajstić information content (AvgIpc) is 2.30. The van der Waals surface area contributed by atoms with Gasteiger partial charge in [0, 0.05) is 28.9 Å². The topological polar surface area (TPSA) is 30.0 Å². The number of Topliss-reactive ketones (excluding diaryl/α,β-unsaturated/α-hetero) is 1. The second-order valence-corrected chi connectivity index (χ2v) is 4.90. The van der Waals surface area contributed by atoms with Crippen molar-refractivity contribution in [3.05, 3.63) is 63.3 Å². The Morgan fingerprint density at radius 1 is 1.24 bits per heavy atom. The predicted molar refractivity (Wildman–Crippen MR) is 71.4 cm³/mol. The van der Waals surface area contributed by atoms with E-state index in [1.807, 2.05) is 18.2 Å². The highest BCUT2D eigenvalue weighted by atomic mass is 79.9. The van der Waals surface area contributed by atoms with Crippen LogP contribution in [-0.2, 0) is 6.42 Å². The van der Waals surface area contributed by atoms with E-state index >= 15 is 0 Å². The fourth-order valence-corrected chi connectivity index (χ4v) is 2.28. The molecule has 0 aliphatic carbocycles. The lowest BCUT2D eigenvalue weighted by molar-refractivity contribution is 0.0993. The zero-order chi connectivity index (χ0) is 12.3. The highest BCUT2D eigenvalue weighted by Crippen LogP contribution is 2.22. The van der Waals surface area contributed by atoms with Crippen LogP contribution in [0.3, 0.4) is 0 Å². The van der Waals surface area contributed by atoms with Crippen LogP contribution in [0.15, 0.2) is 47.2 Å². The molecule has 0 radical (unpaired) electrons. The Hall–Kier alpha value is -1.19. The number of benzene rings is 1. The molecule has 2 aromatic rings. The molecule has 0 bridgehead atoms. The molecule has 1 aromatic carbocycles. The van der Waals surface area contributed by atoms with Crippen molar-refractivity contribution < 1.29 is 4.79 Å². The minimum Gasteiger partial charge on any atom is -0.294 e. The summed E-state index contributed by atoms with van der Waals surface area (Å²) in [5.41, 5.74) is 1.48. The van der Waals surface area contributed by atoms with Gasteiger partial charge in [-0.05, 0) is 35.9 Å². The number of rotatable bonds is 3. The summed E-state index contributed by atoms with van der Waals surface area (Å²) in [6.07, 6.45) is 3.68. The standard InChI is InChI=1S/C13H9BrClNO/c14-10-1-2-11(12(15)8-10)13(17)7-9-3-5-16-6-4-9/h1-6,8H,7H2. The number of ketones is 1. The van der Waals surface area contributed by atoms with Gasteiger partial charge in [-0.15, -0.1) is 0 Å². The maximum Gasteiger partial charge on any atom is 0.168 e. The maximum absolute atomic E-state index is 12.0. The van der Waals surface area contributed by atoms with Crippen LogP contribution in [0.1, 0.15) is 15.9 Å². The van der Waals surface area contributed by atoms with E-state index in [1.54, 1.807) is 24.5 Å². The van der Waals surface area contributed by atoms with Crippen molar-refractivity contribution in [3.8, 4) is 0 Å². The first-order valence-electron chi connectivity index (χ1n) is 5.04. The van der Waals surface area contributed by atoms with Gasteiger partial charge >= 0.3 is 0 Å². The maximum atomic E-state index is 12.0. The zero-order valence-electron chi connectivity index (χ0n) is 8.86. The fraction of sp³-hybridized carbons (Fsp3) is 0.0769. The zero-order valence-corrected chi connectivity index (χ0v) is 11.2. The molecule has 0 saturated carbocycles. The highest BCUT2D eigenvalue weighted by Gasteiger charge is 2.11. The van der Waals surface area contributed by atoms with Gasteiger partial charge in [-0.2, -0.15) is 0 Å². The Kier molecular flexibility index (Phi) is 3.92. The van der Waals surface area contributed by atoms with Crippen LogP contribution in [0.25, 0.3) is 0 Å². The van der Waals surface area contributed by atoms with Gasteiger partial charge < -0.3 is 0 Å². The monoisotopic (exact) mass is 309 g/mol. The molecule has 2 nitrogen and oxygen atoms in total. The summed E-state index contributed by atoms with van der Waals surface area (Å²) in [7, 11) is 0. The van der Waals surface area contributed by atoms with Crippen molar-refractivity contribution in [2.24, 2.45) is 0 Å². The van der Waals surface area contributed by atoms with Crippen molar-refractivity contribution in [3.63, 3.8) is 0 Å². The van der Waals surface area contributed by atoms with E-state index in [-0.39, 0.29) is 5.78 Å². The first kappa shape index (κ1) is 12.3. The summed E-state index contributed by atoms with van der Waals surface area (Å²) in [5, 5.41) is 0.471. The molecule has 4 heteroatoms. The third-order valence-corrected chi connectivity index (χ3v) is 3.15. The van der Waals surface area contributed by atoms with Gasteiger partial charge in [-0.25, -0.2) is 0 Å². The van der Waals surface area contributed by atoms with Gasteiger partial charge in [0.1, 0.15) is 0 Å². The van der Waals surface area contributed by atoms with Gasteiger partial charge in [0.25, 0.3) is 0 Å². The van der Waals surface area contributed by atoms with Gasteiger partial charge in [0.15, 0.2) is 5.78 Å². The van der Waals surface area contributed by atoms with Crippen molar-refractivity contribution in [1.82, 2.24) is 4.98 Å². The fourth-order valence-electron chi connectivity index (χ4n) is 1.50. The minimum absolute atomic E-state index is 0.00806. The first-order chi connectivity index (χ1) is 8.16. The van der Waals surface area contributed by atoms with Crippen LogP contribution < -0.4 is 0 Å². The van der Waals surface area contributed by atoms with E-state index in [4.69, 9.17) is 11.6 Å². The summed E-state index contributed by atoms with van der Waals surface area (Å²) in [4.78, 5) is 15.9.